The van der Waals surface area contributed by atoms with Gasteiger partial charge in [0, 0.05) is 31.4 Å². The van der Waals surface area contributed by atoms with Crippen molar-refractivity contribution in [3.63, 3.8) is 0 Å². The first-order valence-electron chi connectivity index (χ1n) is 8.27. The number of fused-ring (bicyclic) bond motifs is 1. The first-order valence-corrected chi connectivity index (χ1v) is 8.27. The largest absolute Gasteiger partial charge is 0.370 e. The van der Waals surface area contributed by atoms with Crippen LogP contribution in [0, 0.1) is 5.92 Å². The van der Waals surface area contributed by atoms with E-state index in [1.807, 2.05) is 0 Å². The smallest absolute Gasteiger partial charge is 0.0412 e. The summed E-state index contributed by atoms with van der Waals surface area (Å²) in [5, 5.41) is 3.75. The molecule has 0 aliphatic carbocycles. The van der Waals surface area contributed by atoms with Gasteiger partial charge in [-0.25, -0.2) is 0 Å². The Morgan fingerprint density at radius 3 is 2.80 bits per heavy atom. The first kappa shape index (κ1) is 15.4. The third-order valence-corrected chi connectivity index (χ3v) is 4.14. The maximum Gasteiger partial charge on any atom is 0.0412 e. The Labute approximate surface area is 124 Å². The predicted molar refractivity (Wildman–Crippen MR) is 88.3 cm³/mol. The van der Waals surface area contributed by atoms with Crippen molar-refractivity contribution < 1.29 is 0 Å². The van der Waals surface area contributed by atoms with Crippen molar-refractivity contribution in [3.05, 3.63) is 29.8 Å². The van der Waals surface area contributed by atoms with Gasteiger partial charge in [0.15, 0.2) is 0 Å². The Morgan fingerprint density at radius 1 is 1.25 bits per heavy atom. The van der Waals surface area contributed by atoms with Crippen molar-refractivity contribution in [1.82, 2.24) is 5.32 Å². The zero-order valence-corrected chi connectivity index (χ0v) is 13.4. The molecule has 1 atom stereocenters. The molecule has 0 spiro atoms. The average molecular weight is 274 g/mol. The molecule has 1 unspecified atom stereocenters. The SMILES string of the molecule is CCCCCN1CC(CC(C)C)NCc2ccccc21. The molecule has 0 bridgehead atoms. The van der Waals surface area contributed by atoms with Gasteiger partial charge < -0.3 is 10.2 Å². The number of rotatable bonds is 6. The third kappa shape index (κ3) is 4.24. The standard InChI is InChI=1S/C18H30N2/c1-4-5-8-11-20-14-17(12-15(2)3)19-13-16-9-6-7-10-18(16)20/h6-7,9-10,15,17,19H,4-5,8,11-14H2,1-3H3. The van der Waals surface area contributed by atoms with Crippen LogP contribution in [0.1, 0.15) is 52.0 Å². The molecule has 0 aromatic heterocycles. The van der Waals surface area contributed by atoms with E-state index in [2.05, 4.69) is 55.3 Å². The molecule has 112 valence electrons. The fourth-order valence-electron chi connectivity index (χ4n) is 3.14. The van der Waals surface area contributed by atoms with E-state index in [-0.39, 0.29) is 0 Å². The van der Waals surface area contributed by atoms with E-state index in [0.717, 1.165) is 19.0 Å². The van der Waals surface area contributed by atoms with Gasteiger partial charge in [-0.3, -0.25) is 0 Å². The molecular formula is C18H30N2. The number of anilines is 1. The highest BCUT2D eigenvalue weighted by atomic mass is 15.2. The summed E-state index contributed by atoms with van der Waals surface area (Å²) in [6.45, 7) is 10.3. The van der Waals surface area contributed by atoms with Crippen LogP contribution >= 0.6 is 0 Å². The van der Waals surface area contributed by atoms with Gasteiger partial charge in [-0.1, -0.05) is 51.8 Å². The molecule has 1 aliphatic rings. The van der Waals surface area contributed by atoms with Crippen molar-refractivity contribution in [3.8, 4) is 0 Å². The van der Waals surface area contributed by atoms with Crippen LogP contribution in [0.2, 0.25) is 0 Å². The molecular weight excluding hydrogens is 244 g/mol. The molecule has 20 heavy (non-hydrogen) atoms. The molecule has 1 aromatic carbocycles. The second-order valence-corrected chi connectivity index (χ2v) is 6.49. The third-order valence-electron chi connectivity index (χ3n) is 4.14. The maximum absolute atomic E-state index is 3.75. The second kappa shape index (κ2) is 7.68. The van der Waals surface area contributed by atoms with Gasteiger partial charge in [0.2, 0.25) is 0 Å². The van der Waals surface area contributed by atoms with E-state index in [0.29, 0.717) is 6.04 Å². The van der Waals surface area contributed by atoms with Crippen LogP contribution in [0.4, 0.5) is 5.69 Å². The Hall–Kier alpha value is -1.02. The molecule has 0 radical (unpaired) electrons. The van der Waals surface area contributed by atoms with Crippen LogP contribution in [0.3, 0.4) is 0 Å². The minimum Gasteiger partial charge on any atom is -0.370 e. The zero-order valence-electron chi connectivity index (χ0n) is 13.4. The minimum atomic E-state index is 0.615. The highest BCUT2D eigenvalue weighted by Gasteiger charge is 2.21. The Balaban J connectivity index is 2.10. The summed E-state index contributed by atoms with van der Waals surface area (Å²) in [6, 6.07) is 9.51. The van der Waals surface area contributed by atoms with Crippen LogP contribution < -0.4 is 10.2 Å². The molecule has 2 rings (SSSR count). The maximum atomic E-state index is 3.75. The Bertz CT molecular complexity index is 400. The average Bonchev–Trinajstić information content (AvgIpc) is 2.59. The summed E-state index contributed by atoms with van der Waals surface area (Å²) in [4.78, 5) is 2.61. The number of hydrogen-bond donors (Lipinski definition) is 1. The summed E-state index contributed by atoms with van der Waals surface area (Å²) in [7, 11) is 0. The number of unbranched alkanes of at least 4 members (excludes halogenated alkanes) is 2. The van der Waals surface area contributed by atoms with E-state index in [1.54, 1.807) is 0 Å². The fraction of sp³-hybridized carbons (Fsp3) is 0.667. The van der Waals surface area contributed by atoms with Gasteiger partial charge in [0.05, 0.1) is 0 Å². The number of nitrogens with one attached hydrogen (secondary N) is 1. The number of para-hydroxylation sites is 1. The lowest BCUT2D eigenvalue weighted by atomic mass is 10.0. The highest BCUT2D eigenvalue weighted by molar-refractivity contribution is 5.54. The molecule has 1 N–H and O–H groups in total. The van der Waals surface area contributed by atoms with Crippen LogP contribution in [-0.2, 0) is 6.54 Å². The van der Waals surface area contributed by atoms with E-state index in [4.69, 9.17) is 0 Å². The van der Waals surface area contributed by atoms with E-state index in [1.165, 1.54) is 43.5 Å². The van der Waals surface area contributed by atoms with Crippen LogP contribution in [0.5, 0.6) is 0 Å². The summed E-state index contributed by atoms with van der Waals surface area (Å²) >= 11 is 0. The van der Waals surface area contributed by atoms with Crippen LogP contribution in [0.25, 0.3) is 0 Å². The second-order valence-electron chi connectivity index (χ2n) is 6.49. The monoisotopic (exact) mass is 274 g/mol. The van der Waals surface area contributed by atoms with E-state index < -0.39 is 0 Å². The minimum absolute atomic E-state index is 0.615. The topological polar surface area (TPSA) is 15.3 Å². The zero-order chi connectivity index (χ0) is 14.4. The van der Waals surface area contributed by atoms with Gasteiger partial charge in [-0.05, 0) is 30.4 Å². The molecule has 1 aromatic rings. The van der Waals surface area contributed by atoms with E-state index >= 15 is 0 Å². The number of nitrogens with zero attached hydrogens (tertiary/aromatic N) is 1. The summed E-state index contributed by atoms with van der Waals surface area (Å²) in [6.07, 6.45) is 5.20. The predicted octanol–water partition coefficient (Wildman–Crippen LogP) is 4.20. The fourth-order valence-corrected chi connectivity index (χ4v) is 3.14. The molecule has 0 fully saturated rings. The lowest BCUT2D eigenvalue weighted by molar-refractivity contribution is 0.420. The lowest BCUT2D eigenvalue weighted by Gasteiger charge is -2.28. The molecule has 2 nitrogen and oxygen atoms in total. The van der Waals surface area contributed by atoms with Gasteiger partial charge in [-0.15, -0.1) is 0 Å². The van der Waals surface area contributed by atoms with Gasteiger partial charge in [0.25, 0.3) is 0 Å². The van der Waals surface area contributed by atoms with Crippen LogP contribution in [0.15, 0.2) is 24.3 Å². The molecule has 0 saturated carbocycles. The highest BCUT2D eigenvalue weighted by Crippen LogP contribution is 2.25. The Morgan fingerprint density at radius 2 is 2.05 bits per heavy atom. The van der Waals surface area contributed by atoms with Crippen molar-refractivity contribution in [2.24, 2.45) is 5.92 Å². The molecule has 1 aliphatic heterocycles. The van der Waals surface area contributed by atoms with Crippen LogP contribution in [-0.4, -0.2) is 19.1 Å². The van der Waals surface area contributed by atoms with E-state index in [9.17, 15) is 0 Å². The van der Waals surface area contributed by atoms with Crippen molar-refractivity contribution in [2.75, 3.05) is 18.0 Å². The molecule has 0 saturated heterocycles. The van der Waals surface area contributed by atoms with Gasteiger partial charge >= 0.3 is 0 Å². The summed E-state index contributed by atoms with van der Waals surface area (Å²) in [5.41, 5.74) is 2.90. The Kier molecular flexibility index (Phi) is 5.90. The lowest BCUT2D eigenvalue weighted by Crippen LogP contribution is -2.39. The number of hydrogen-bond acceptors (Lipinski definition) is 2. The molecule has 1 heterocycles. The van der Waals surface area contributed by atoms with Crippen molar-refractivity contribution in [1.29, 1.82) is 0 Å². The normalized spacial score (nSPS) is 19.0. The number of benzene rings is 1. The molecule has 0 amide bonds. The van der Waals surface area contributed by atoms with Gasteiger partial charge in [-0.2, -0.15) is 0 Å². The van der Waals surface area contributed by atoms with Gasteiger partial charge in [0.1, 0.15) is 0 Å². The summed E-state index contributed by atoms with van der Waals surface area (Å²) in [5.74, 6) is 0.756. The quantitative estimate of drug-likeness (QED) is 0.782. The summed E-state index contributed by atoms with van der Waals surface area (Å²) < 4.78 is 0. The first-order chi connectivity index (χ1) is 9.70. The van der Waals surface area contributed by atoms with Crippen molar-refractivity contribution >= 4 is 5.69 Å². The molecule has 2 heteroatoms. The van der Waals surface area contributed by atoms with Crippen molar-refractivity contribution in [2.45, 2.75) is 59.0 Å².